The molecule has 0 bridgehead atoms. The van der Waals surface area contributed by atoms with Crippen LogP contribution < -0.4 is 21.3 Å². The Bertz CT molecular complexity index is 1540. The fraction of sp³-hybridized carbons (Fsp3) is 0.429. The number of rotatable bonds is 12. The van der Waals surface area contributed by atoms with E-state index < -0.39 is 35.4 Å². The van der Waals surface area contributed by atoms with E-state index in [0.717, 1.165) is 0 Å². The van der Waals surface area contributed by atoms with Crippen molar-refractivity contribution in [3.05, 3.63) is 70.8 Å². The quantitative estimate of drug-likeness (QED) is 0.128. The van der Waals surface area contributed by atoms with Crippen LogP contribution in [0.15, 0.2) is 69.0 Å². The highest BCUT2D eigenvalue weighted by Gasteiger charge is 2.65. The van der Waals surface area contributed by atoms with Gasteiger partial charge in [-0.1, -0.05) is 48.5 Å². The molecule has 5 rings (SSSR count). The van der Waals surface area contributed by atoms with Crippen molar-refractivity contribution in [2.24, 2.45) is 20.5 Å². The molecule has 0 spiro atoms. The minimum Gasteiger partial charge on any atom is -0.444 e. The molecule has 0 aliphatic carbocycles. The molecule has 2 aliphatic rings. The number of alkyl halides is 6. The second-order valence-corrected chi connectivity index (χ2v) is 11.5. The van der Waals surface area contributed by atoms with Crippen LogP contribution in [0.5, 0.6) is 0 Å². The molecule has 0 saturated carbocycles. The third kappa shape index (κ3) is 7.83. The third-order valence-corrected chi connectivity index (χ3v) is 6.72. The third-order valence-electron chi connectivity index (χ3n) is 6.72. The number of hydrogen-bond acceptors (Lipinski definition) is 12. The summed E-state index contributed by atoms with van der Waals surface area (Å²) in [6.45, 7) is 5.84. The molecule has 19 heteroatoms. The summed E-state index contributed by atoms with van der Waals surface area (Å²) in [6.07, 6.45) is -9.88. The number of carbonyl (C=O) groups excluding carboxylic acids is 1. The summed E-state index contributed by atoms with van der Waals surface area (Å²) < 4.78 is 85.1. The molecule has 250 valence electrons. The van der Waals surface area contributed by atoms with Crippen molar-refractivity contribution in [2.75, 3.05) is 29.0 Å². The number of aromatic nitrogens is 3. The van der Waals surface area contributed by atoms with Gasteiger partial charge in [-0.3, -0.25) is 0 Å². The molecule has 13 nitrogen and oxygen atoms in total. The monoisotopic (exact) mass is 665 g/mol. The Kier molecular flexibility index (Phi) is 8.67. The van der Waals surface area contributed by atoms with Gasteiger partial charge in [0.25, 0.3) is 0 Å². The zero-order valence-electron chi connectivity index (χ0n) is 25.2. The van der Waals surface area contributed by atoms with Crippen molar-refractivity contribution in [3.8, 4) is 0 Å². The number of amides is 1. The second-order valence-electron chi connectivity index (χ2n) is 11.5. The molecule has 1 amide bonds. The SMILES string of the molecule is CC(C)(C)OC(=O)NCCNc1nc(NCc2ccc(C3(C(F)(F)F)N=N3)cc2)nc(NCc2ccc(C3(C(F)(F)F)N=N3)cc2)n1. The Balaban J connectivity index is 1.24. The van der Waals surface area contributed by atoms with E-state index >= 15 is 0 Å². The number of nitrogens with zero attached hydrogens (tertiary/aromatic N) is 7. The van der Waals surface area contributed by atoms with Crippen molar-refractivity contribution in [2.45, 2.75) is 63.1 Å². The topological polar surface area (TPSA) is 163 Å². The Morgan fingerprint density at radius 1 is 0.638 bits per heavy atom. The number of alkyl carbamates (subject to hydrolysis) is 1. The van der Waals surface area contributed by atoms with E-state index in [1.54, 1.807) is 20.8 Å². The lowest BCUT2D eigenvalue weighted by molar-refractivity contribution is -0.166. The summed E-state index contributed by atoms with van der Waals surface area (Å²) in [5, 5.41) is 24.4. The normalized spacial score (nSPS) is 15.9. The van der Waals surface area contributed by atoms with E-state index in [2.05, 4.69) is 56.7 Å². The number of nitrogens with one attached hydrogen (secondary N) is 4. The van der Waals surface area contributed by atoms with Crippen LogP contribution in [0, 0.1) is 0 Å². The molecule has 0 unspecified atom stereocenters. The van der Waals surface area contributed by atoms with Crippen LogP contribution in [-0.4, -0.2) is 52.1 Å². The predicted molar refractivity (Wildman–Crippen MR) is 155 cm³/mol. The summed E-state index contributed by atoms with van der Waals surface area (Å²) in [7, 11) is 0. The highest BCUT2D eigenvalue weighted by molar-refractivity contribution is 5.67. The van der Waals surface area contributed by atoms with Gasteiger partial charge in [-0.05, 0) is 31.9 Å². The Morgan fingerprint density at radius 2 is 1.02 bits per heavy atom. The van der Waals surface area contributed by atoms with E-state index in [0.29, 0.717) is 11.1 Å². The predicted octanol–water partition coefficient (Wildman–Crippen LogP) is 6.39. The number of anilines is 3. The van der Waals surface area contributed by atoms with Gasteiger partial charge in [0.15, 0.2) is 0 Å². The number of hydrogen-bond donors (Lipinski definition) is 4. The fourth-order valence-corrected chi connectivity index (χ4v) is 4.22. The van der Waals surface area contributed by atoms with Crippen LogP contribution in [0.1, 0.15) is 43.0 Å². The minimum atomic E-state index is -4.64. The number of ether oxygens (including phenoxy) is 1. The first-order valence-corrected chi connectivity index (χ1v) is 14.1. The minimum absolute atomic E-state index is 0.102. The lowest BCUT2D eigenvalue weighted by atomic mass is 10.0. The number of carbonyl (C=O) groups is 1. The Morgan fingerprint density at radius 3 is 1.36 bits per heavy atom. The highest BCUT2D eigenvalue weighted by Crippen LogP contribution is 2.53. The van der Waals surface area contributed by atoms with E-state index in [-0.39, 0.29) is 55.2 Å². The average Bonchev–Trinajstić information content (AvgIpc) is 3.90. The zero-order valence-corrected chi connectivity index (χ0v) is 25.2. The van der Waals surface area contributed by atoms with Gasteiger partial charge in [0.1, 0.15) is 5.60 Å². The fourth-order valence-electron chi connectivity index (χ4n) is 4.22. The van der Waals surface area contributed by atoms with Gasteiger partial charge in [-0.2, -0.15) is 41.3 Å². The average molecular weight is 666 g/mol. The van der Waals surface area contributed by atoms with Crippen LogP contribution in [0.2, 0.25) is 0 Å². The van der Waals surface area contributed by atoms with E-state index in [1.165, 1.54) is 48.5 Å². The van der Waals surface area contributed by atoms with Gasteiger partial charge in [0.2, 0.25) is 17.8 Å². The second kappa shape index (κ2) is 12.3. The molecule has 47 heavy (non-hydrogen) atoms. The summed E-state index contributed by atoms with van der Waals surface area (Å²) >= 11 is 0. The molecule has 2 aromatic carbocycles. The van der Waals surface area contributed by atoms with Crippen LogP contribution >= 0.6 is 0 Å². The van der Waals surface area contributed by atoms with E-state index in [1.807, 2.05) is 0 Å². The van der Waals surface area contributed by atoms with Crippen molar-refractivity contribution in [1.82, 2.24) is 20.3 Å². The van der Waals surface area contributed by atoms with Crippen LogP contribution in [0.25, 0.3) is 0 Å². The molecule has 1 aromatic heterocycles. The molecule has 4 N–H and O–H groups in total. The van der Waals surface area contributed by atoms with Crippen molar-refractivity contribution in [1.29, 1.82) is 0 Å². The number of halogens is 6. The lowest BCUT2D eigenvalue weighted by Gasteiger charge is -2.19. The van der Waals surface area contributed by atoms with Crippen molar-refractivity contribution in [3.63, 3.8) is 0 Å². The van der Waals surface area contributed by atoms with Gasteiger partial charge < -0.3 is 26.0 Å². The number of benzene rings is 2. The summed E-state index contributed by atoms with van der Waals surface area (Å²) in [5.74, 6) is 0.329. The first-order valence-electron chi connectivity index (χ1n) is 14.1. The van der Waals surface area contributed by atoms with Gasteiger partial charge in [0, 0.05) is 37.3 Å². The Hall–Kier alpha value is -5.10. The van der Waals surface area contributed by atoms with Gasteiger partial charge >= 0.3 is 29.8 Å². The molecule has 0 saturated heterocycles. The first kappa shape index (κ1) is 33.3. The standard InChI is InChI=1S/C28H29F6N11O2/c1-24(2,3)47-23(46)36-13-12-35-20-39-21(37-14-16-4-8-18(9-5-16)25(42-43-25)27(29,30)31)41-22(40-20)38-15-17-6-10-19(11-7-17)26(44-45-26)28(32,33)34/h4-11H,12-15H2,1-3H3,(H,36,46)(H3,35,37,38,39,40,41). The molecule has 0 fully saturated rings. The molecular formula is C28H29F6N11O2. The molecule has 3 heterocycles. The maximum absolute atomic E-state index is 13.3. The van der Waals surface area contributed by atoms with Crippen LogP contribution in [0.3, 0.4) is 0 Å². The van der Waals surface area contributed by atoms with E-state index in [9.17, 15) is 31.1 Å². The molecule has 2 aliphatic heterocycles. The van der Waals surface area contributed by atoms with Gasteiger partial charge in [-0.25, -0.2) is 4.79 Å². The van der Waals surface area contributed by atoms with Gasteiger partial charge in [0.05, 0.1) is 0 Å². The maximum Gasteiger partial charge on any atom is 0.442 e. The Labute approximate surface area is 263 Å². The van der Waals surface area contributed by atoms with E-state index in [4.69, 9.17) is 4.74 Å². The maximum atomic E-state index is 13.3. The van der Waals surface area contributed by atoms with Crippen LogP contribution in [0.4, 0.5) is 49.0 Å². The molecule has 0 atom stereocenters. The van der Waals surface area contributed by atoms with Gasteiger partial charge in [-0.15, -0.1) is 20.5 Å². The van der Waals surface area contributed by atoms with Crippen molar-refractivity contribution < 1.29 is 35.9 Å². The summed E-state index contributed by atoms with van der Waals surface area (Å²) in [6, 6.07) is 11.2. The smallest absolute Gasteiger partial charge is 0.442 e. The highest BCUT2D eigenvalue weighted by atomic mass is 19.4. The first-order chi connectivity index (χ1) is 22.0. The molecule has 0 radical (unpaired) electrons. The van der Waals surface area contributed by atoms with Crippen molar-refractivity contribution >= 4 is 23.9 Å². The zero-order chi connectivity index (χ0) is 34.1. The molecular weight excluding hydrogens is 636 g/mol. The lowest BCUT2D eigenvalue weighted by Crippen LogP contribution is -2.35. The largest absolute Gasteiger partial charge is 0.444 e. The summed E-state index contributed by atoms with van der Waals surface area (Å²) in [5.41, 5.74) is -4.68. The summed E-state index contributed by atoms with van der Waals surface area (Å²) in [4.78, 5) is 24.9. The van der Waals surface area contributed by atoms with Crippen LogP contribution in [-0.2, 0) is 29.2 Å². The molecule has 3 aromatic rings.